The standard InChI is InChI=1S/C29H35ClN2O5S2/c1-4-6-7-8-9-10-11-19-37-26-20-22(12-17-25(26)36-3)21-27-28(33)32(18-5-2)29(38-27)31-39(34,35)24-15-13-23(30)14-16-24/h5,12-17,20-21H,2,4,6-11,18-19H2,1,3H3/b27-21-,31-29?. The maximum absolute atomic E-state index is 13.2. The first kappa shape index (κ1) is 30.8. The van der Waals surface area contributed by atoms with Crippen molar-refractivity contribution in [1.82, 2.24) is 4.90 Å². The second-order valence-electron chi connectivity index (χ2n) is 9.00. The lowest BCUT2D eigenvalue weighted by atomic mass is 10.1. The van der Waals surface area contributed by atoms with Crippen LogP contribution in [0.25, 0.3) is 6.08 Å². The van der Waals surface area contributed by atoms with Crippen molar-refractivity contribution in [3.05, 3.63) is 70.6 Å². The normalized spacial score (nSPS) is 15.8. The molecule has 2 aromatic carbocycles. The number of halogens is 1. The van der Waals surface area contributed by atoms with E-state index in [0.29, 0.717) is 28.0 Å². The molecule has 0 N–H and O–H groups in total. The number of hydrogen-bond acceptors (Lipinski definition) is 6. The summed E-state index contributed by atoms with van der Waals surface area (Å²) in [5.41, 5.74) is 0.724. The fourth-order valence-electron chi connectivity index (χ4n) is 3.92. The van der Waals surface area contributed by atoms with Crippen molar-refractivity contribution in [1.29, 1.82) is 0 Å². The lowest BCUT2D eigenvalue weighted by Crippen LogP contribution is -2.29. The Bertz CT molecular complexity index is 1310. The first-order valence-corrected chi connectivity index (χ1v) is 15.7. The third-order valence-corrected chi connectivity index (χ3v) is 8.66. The van der Waals surface area contributed by atoms with Crippen molar-refractivity contribution in [2.75, 3.05) is 20.3 Å². The van der Waals surface area contributed by atoms with E-state index in [1.54, 1.807) is 19.3 Å². The van der Waals surface area contributed by atoms with Gasteiger partial charge < -0.3 is 9.47 Å². The number of carbonyl (C=O) groups is 1. The molecule has 7 nitrogen and oxygen atoms in total. The molecule has 1 aliphatic heterocycles. The summed E-state index contributed by atoms with van der Waals surface area (Å²) in [5, 5.41) is 0.473. The molecular weight excluding hydrogens is 556 g/mol. The van der Waals surface area contributed by atoms with Crippen molar-refractivity contribution in [3.8, 4) is 11.5 Å². The third kappa shape index (κ3) is 8.88. The van der Waals surface area contributed by atoms with Gasteiger partial charge in [-0.1, -0.05) is 69.2 Å². The van der Waals surface area contributed by atoms with E-state index in [9.17, 15) is 13.2 Å². The number of unbranched alkanes of at least 4 members (excludes halogenated alkanes) is 6. The number of methoxy groups -OCH3 is 1. The molecule has 1 aliphatic rings. The van der Waals surface area contributed by atoms with E-state index in [-0.39, 0.29) is 22.5 Å². The highest BCUT2D eigenvalue weighted by Gasteiger charge is 2.34. The maximum Gasteiger partial charge on any atom is 0.284 e. The molecule has 0 spiro atoms. The Hall–Kier alpha value is -2.75. The van der Waals surface area contributed by atoms with Gasteiger partial charge in [0.2, 0.25) is 0 Å². The molecule has 0 radical (unpaired) electrons. The number of hydrogen-bond donors (Lipinski definition) is 0. The number of carbonyl (C=O) groups excluding carboxylic acids is 1. The van der Waals surface area contributed by atoms with E-state index in [0.717, 1.165) is 30.2 Å². The van der Waals surface area contributed by atoms with Crippen LogP contribution < -0.4 is 9.47 Å². The number of amides is 1. The van der Waals surface area contributed by atoms with Crippen molar-refractivity contribution < 1.29 is 22.7 Å². The van der Waals surface area contributed by atoms with Crippen LogP contribution >= 0.6 is 23.4 Å². The number of ether oxygens (including phenoxy) is 2. The highest BCUT2D eigenvalue weighted by atomic mass is 35.5. The Labute approximate surface area is 241 Å². The Morgan fingerprint density at radius 3 is 2.38 bits per heavy atom. The Kier molecular flexibility index (Phi) is 12.0. The molecule has 0 aliphatic carbocycles. The van der Waals surface area contributed by atoms with E-state index in [1.165, 1.54) is 67.3 Å². The fraction of sp³-hybridized carbons (Fsp3) is 0.379. The molecule has 0 unspecified atom stereocenters. The van der Waals surface area contributed by atoms with E-state index in [1.807, 2.05) is 12.1 Å². The predicted octanol–water partition coefficient (Wildman–Crippen LogP) is 7.33. The van der Waals surface area contributed by atoms with Crippen LogP contribution in [0, 0.1) is 0 Å². The summed E-state index contributed by atoms with van der Waals surface area (Å²) < 4.78 is 41.2. The SMILES string of the molecule is C=CCN1C(=O)/C(=C/c2ccc(OC)c(OCCCCCCCCC)c2)SC1=NS(=O)(=O)c1ccc(Cl)cc1. The minimum atomic E-state index is -4.05. The summed E-state index contributed by atoms with van der Waals surface area (Å²) in [7, 11) is -2.47. The third-order valence-electron chi connectivity index (χ3n) is 6.00. The Balaban J connectivity index is 1.76. The van der Waals surface area contributed by atoms with Gasteiger partial charge in [0.1, 0.15) is 0 Å². The molecule has 0 saturated carbocycles. The molecular formula is C29H35ClN2O5S2. The van der Waals surface area contributed by atoms with Crippen molar-refractivity contribution in [2.24, 2.45) is 4.40 Å². The molecule has 1 heterocycles. The van der Waals surface area contributed by atoms with E-state index in [4.69, 9.17) is 21.1 Å². The zero-order chi connectivity index (χ0) is 28.3. The molecule has 10 heteroatoms. The molecule has 0 bridgehead atoms. The van der Waals surface area contributed by atoms with Crippen molar-refractivity contribution in [3.63, 3.8) is 0 Å². The van der Waals surface area contributed by atoms with E-state index in [2.05, 4.69) is 17.9 Å². The molecule has 1 saturated heterocycles. The number of sulfonamides is 1. The molecule has 210 valence electrons. The average Bonchev–Trinajstić information content (AvgIpc) is 3.19. The number of rotatable bonds is 15. The molecule has 0 aromatic heterocycles. The fourth-order valence-corrected chi connectivity index (χ4v) is 6.23. The first-order chi connectivity index (χ1) is 18.8. The minimum Gasteiger partial charge on any atom is -0.493 e. The van der Waals surface area contributed by atoms with Gasteiger partial charge in [0.25, 0.3) is 15.9 Å². The van der Waals surface area contributed by atoms with E-state index >= 15 is 0 Å². The molecule has 1 amide bonds. The van der Waals surface area contributed by atoms with Gasteiger partial charge in [-0.2, -0.15) is 8.42 Å². The summed E-state index contributed by atoms with van der Waals surface area (Å²) in [4.78, 5) is 14.8. The van der Waals surface area contributed by atoms with Crippen LogP contribution in [0.3, 0.4) is 0 Å². The average molecular weight is 591 g/mol. The summed E-state index contributed by atoms with van der Waals surface area (Å²) >= 11 is 6.88. The number of benzene rings is 2. The van der Waals surface area contributed by atoms with Crippen LogP contribution in [-0.4, -0.2) is 44.7 Å². The van der Waals surface area contributed by atoms with Crippen molar-refractivity contribution in [2.45, 2.75) is 56.8 Å². The summed E-state index contributed by atoms with van der Waals surface area (Å²) in [6.45, 7) is 6.59. The van der Waals surface area contributed by atoms with Gasteiger partial charge in [0, 0.05) is 11.6 Å². The van der Waals surface area contributed by atoms with Gasteiger partial charge >= 0.3 is 0 Å². The van der Waals surface area contributed by atoms with Crippen LogP contribution in [0.4, 0.5) is 0 Å². The lowest BCUT2D eigenvalue weighted by Gasteiger charge is -2.12. The monoisotopic (exact) mass is 590 g/mol. The minimum absolute atomic E-state index is 0.0127. The van der Waals surface area contributed by atoms with Crippen LogP contribution in [0.15, 0.2) is 69.3 Å². The van der Waals surface area contributed by atoms with E-state index < -0.39 is 10.0 Å². The molecule has 0 atom stereocenters. The molecule has 39 heavy (non-hydrogen) atoms. The lowest BCUT2D eigenvalue weighted by molar-refractivity contribution is -0.121. The van der Waals surface area contributed by atoms with Gasteiger partial charge in [-0.15, -0.1) is 11.0 Å². The predicted molar refractivity (Wildman–Crippen MR) is 160 cm³/mol. The first-order valence-electron chi connectivity index (χ1n) is 13.0. The Morgan fingerprint density at radius 1 is 1.03 bits per heavy atom. The highest BCUT2D eigenvalue weighted by molar-refractivity contribution is 8.19. The highest BCUT2D eigenvalue weighted by Crippen LogP contribution is 2.35. The largest absolute Gasteiger partial charge is 0.493 e. The smallest absolute Gasteiger partial charge is 0.284 e. The Morgan fingerprint density at radius 2 is 1.72 bits per heavy atom. The van der Waals surface area contributed by atoms with Crippen LogP contribution in [0.5, 0.6) is 11.5 Å². The quantitative estimate of drug-likeness (QED) is 0.123. The second kappa shape index (κ2) is 15.1. The summed E-state index contributed by atoms with van der Waals surface area (Å²) in [6.07, 6.45) is 11.5. The van der Waals surface area contributed by atoms with Gasteiger partial charge in [-0.25, -0.2) is 0 Å². The summed E-state index contributed by atoms with van der Waals surface area (Å²) in [5.74, 6) is 0.844. The van der Waals surface area contributed by atoms with Crippen LogP contribution in [-0.2, 0) is 14.8 Å². The number of thioether (sulfide) groups is 1. The zero-order valence-electron chi connectivity index (χ0n) is 22.4. The topological polar surface area (TPSA) is 85.3 Å². The molecule has 1 fully saturated rings. The maximum atomic E-state index is 13.2. The van der Waals surface area contributed by atoms with Gasteiger partial charge in [0.15, 0.2) is 16.7 Å². The molecule has 3 rings (SSSR count). The number of nitrogens with zero attached hydrogens (tertiary/aromatic N) is 2. The van der Waals surface area contributed by atoms with Gasteiger partial charge in [-0.05, 0) is 66.2 Å². The zero-order valence-corrected chi connectivity index (χ0v) is 24.8. The van der Waals surface area contributed by atoms with Crippen molar-refractivity contribution >= 4 is 50.5 Å². The van der Waals surface area contributed by atoms with Gasteiger partial charge in [-0.3, -0.25) is 9.69 Å². The summed E-state index contributed by atoms with van der Waals surface area (Å²) in [6, 6.07) is 11.1. The number of amidine groups is 1. The van der Waals surface area contributed by atoms with Crippen LogP contribution in [0.2, 0.25) is 5.02 Å². The van der Waals surface area contributed by atoms with Gasteiger partial charge in [0.05, 0.1) is 23.5 Å². The molecule has 2 aromatic rings. The van der Waals surface area contributed by atoms with Crippen LogP contribution in [0.1, 0.15) is 57.4 Å². The second-order valence-corrected chi connectivity index (χ2v) is 12.0.